The van der Waals surface area contributed by atoms with Gasteiger partial charge in [0.1, 0.15) is 0 Å². The maximum absolute atomic E-state index is 13.8. The number of aliphatic imine (C=N–C) groups is 2. The number of carbonyl (C=O) groups is 1. The first kappa shape index (κ1) is 23.1. The lowest BCUT2D eigenvalue weighted by atomic mass is 9.50. The summed E-state index contributed by atoms with van der Waals surface area (Å²) in [6, 6.07) is 9.15. The number of aromatic nitrogens is 3. The smallest absolute Gasteiger partial charge is 0.254 e. The minimum Gasteiger partial charge on any atom is -0.345 e. The Kier molecular flexibility index (Phi) is 4.69. The van der Waals surface area contributed by atoms with E-state index in [1.165, 1.54) is 11.1 Å². The van der Waals surface area contributed by atoms with E-state index in [4.69, 9.17) is 9.98 Å². The van der Waals surface area contributed by atoms with Gasteiger partial charge < -0.3 is 14.5 Å². The molecule has 7 rings (SSSR count). The Morgan fingerprint density at radius 2 is 1.97 bits per heavy atom. The van der Waals surface area contributed by atoms with E-state index in [1.807, 2.05) is 18.2 Å². The molecule has 0 unspecified atom stereocenters. The van der Waals surface area contributed by atoms with Crippen molar-refractivity contribution >= 4 is 28.5 Å². The summed E-state index contributed by atoms with van der Waals surface area (Å²) in [7, 11) is 1.74. The van der Waals surface area contributed by atoms with E-state index in [0.29, 0.717) is 11.4 Å². The molecule has 4 aliphatic rings. The number of aromatic amines is 1. The topological polar surface area (TPSA) is 95.7 Å². The molecule has 1 saturated heterocycles. The largest absolute Gasteiger partial charge is 0.345 e. The molecule has 1 N–H and O–H groups in total. The molecule has 8 heteroatoms. The first-order valence-electron chi connectivity index (χ1n) is 13.2. The van der Waals surface area contributed by atoms with Gasteiger partial charge in [-0.2, -0.15) is 0 Å². The van der Waals surface area contributed by atoms with Gasteiger partial charge in [-0.1, -0.05) is 26.3 Å². The van der Waals surface area contributed by atoms with Crippen molar-refractivity contribution in [2.75, 3.05) is 6.54 Å². The summed E-state index contributed by atoms with van der Waals surface area (Å²) < 4.78 is 1.56. The van der Waals surface area contributed by atoms with Gasteiger partial charge in [0.25, 0.3) is 5.91 Å². The zero-order valence-electron chi connectivity index (χ0n) is 22.1. The predicted molar refractivity (Wildman–Crippen MR) is 147 cm³/mol. The average molecular weight is 507 g/mol. The standard InChI is InChI=1S/C30H30N6O2/c1-29(2)25-13-19-12-23-24(34-27(33-23)18-6-8-26(37)35(4)15-18)14-20(19)30(29,3)9-10-36(25)28(38)17-5-7-21-22(11-17)32-16-31-21/h5-8,11,14-16,25H,9-10,12-13H2,1-4H3,(H,31,32)/t25-,30+/m1/s1. The number of amidine groups is 1. The van der Waals surface area contributed by atoms with Crippen LogP contribution in [0.25, 0.3) is 11.0 Å². The minimum absolute atomic E-state index is 0.0558. The van der Waals surface area contributed by atoms with E-state index in [-0.39, 0.29) is 28.3 Å². The molecule has 2 aliphatic carbocycles. The first-order chi connectivity index (χ1) is 18.2. The van der Waals surface area contributed by atoms with E-state index in [1.54, 1.807) is 36.3 Å². The third-order valence-corrected chi connectivity index (χ3v) is 9.60. The van der Waals surface area contributed by atoms with Gasteiger partial charge in [-0.15, -0.1) is 0 Å². The number of likely N-dealkylation sites (tertiary alicyclic amines) is 1. The molecule has 0 spiro atoms. The number of pyridine rings is 1. The number of imidazole rings is 1. The lowest BCUT2D eigenvalue weighted by Crippen LogP contribution is -2.62. The zero-order chi connectivity index (χ0) is 26.4. The molecular weight excluding hydrogens is 476 g/mol. The van der Waals surface area contributed by atoms with E-state index >= 15 is 0 Å². The number of hydrogen-bond acceptors (Lipinski definition) is 5. The van der Waals surface area contributed by atoms with Crippen LogP contribution in [0.2, 0.25) is 0 Å². The number of allylic oxidation sites excluding steroid dienone is 3. The summed E-state index contributed by atoms with van der Waals surface area (Å²) in [5.74, 6) is 0.733. The molecule has 192 valence electrons. The normalized spacial score (nSPS) is 25.5. The highest BCUT2D eigenvalue weighted by molar-refractivity contribution is 6.19. The fraction of sp³-hybridized carbons (Fsp3) is 0.367. The summed E-state index contributed by atoms with van der Waals surface area (Å²) >= 11 is 0. The number of piperidine rings is 1. The van der Waals surface area contributed by atoms with Crippen LogP contribution in [0.15, 0.2) is 80.6 Å². The van der Waals surface area contributed by atoms with Gasteiger partial charge in [0, 0.05) is 54.9 Å². The van der Waals surface area contributed by atoms with Crippen LogP contribution in [0, 0.1) is 10.8 Å². The molecule has 2 bridgehead atoms. The summed E-state index contributed by atoms with van der Waals surface area (Å²) in [6.45, 7) is 7.71. The Hall–Kier alpha value is -4.07. The second-order valence-electron chi connectivity index (χ2n) is 11.7. The maximum atomic E-state index is 13.8. The number of nitrogens with zero attached hydrogens (tertiary/aromatic N) is 5. The molecule has 4 heterocycles. The Morgan fingerprint density at radius 3 is 2.79 bits per heavy atom. The van der Waals surface area contributed by atoms with E-state index in [9.17, 15) is 9.59 Å². The van der Waals surface area contributed by atoms with Crippen LogP contribution in [0.5, 0.6) is 0 Å². The van der Waals surface area contributed by atoms with Crippen molar-refractivity contribution in [2.45, 2.75) is 46.1 Å². The van der Waals surface area contributed by atoms with E-state index < -0.39 is 0 Å². The number of benzene rings is 1. The van der Waals surface area contributed by atoms with Gasteiger partial charge in [-0.05, 0) is 54.2 Å². The molecular formula is C30H30N6O2. The molecule has 8 nitrogen and oxygen atoms in total. The van der Waals surface area contributed by atoms with Crippen molar-refractivity contribution in [3.8, 4) is 0 Å². The SMILES string of the molecule is Cn1cc(C2=NC3=CC4=C(CC3=N2)C[C@H]2N(C(=O)c3ccc5nc[nH]c5c3)CC[C@]4(C)C2(C)C)ccc1=O. The van der Waals surface area contributed by atoms with Crippen LogP contribution in [0.4, 0.5) is 0 Å². The number of hydrogen-bond donors (Lipinski definition) is 1. The van der Waals surface area contributed by atoms with Gasteiger partial charge in [0.15, 0.2) is 5.84 Å². The minimum atomic E-state index is -0.119. The highest BCUT2D eigenvalue weighted by atomic mass is 16.2. The van der Waals surface area contributed by atoms with Crippen LogP contribution >= 0.6 is 0 Å². The number of aryl methyl sites for hydroxylation is 1. The number of rotatable bonds is 2. The van der Waals surface area contributed by atoms with Crippen LogP contribution in [0.3, 0.4) is 0 Å². The zero-order valence-corrected chi connectivity index (χ0v) is 22.1. The maximum Gasteiger partial charge on any atom is 0.254 e. The summed E-state index contributed by atoms with van der Waals surface area (Å²) in [4.78, 5) is 45.0. The van der Waals surface area contributed by atoms with Crippen molar-refractivity contribution < 1.29 is 4.79 Å². The number of nitrogens with one attached hydrogen (secondary N) is 1. The lowest BCUT2D eigenvalue weighted by Gasteiger charge is -2.61. The number of fused-ring (bicyclic) bond motifs is 5. The van der Waals surface area contributed by atoms with Crippen LogP contribution in [-0.2, 0) is 7.05 Å². The predicted octanol–water partition coefficient (Wildman–Crippen LogP) is 4.40. The van der Waals surface area contributed by atoms with E-state index in [0.717, 1.165) is 53.8 Å². The Labute approximate surface area is 220 Å². The first-order valence-corrected chi connectivity index (χ1v) is 13.2. The molecule has 38 heavy (non-hydrogen) atoms. The van der Waals surface area contributed by atoms with E-state index in [2.05, 4.69) is 41.7 Å². The molecule has 1 aromatic carbocycles. The molecule has 0 radical (unpaired) electrons. The quantitative estimate of drug-likeness (QED) is 0.558. The summed E-state index contributed by atoms with van der Waals surface area (Å²) in [6.07, 6.45) is 8.15. The molecule has 2 atom stereocenters. The van der Waals surface area contributed by atoms with Crippen molar-refractivity contribution in [3.05, 3.63) is 87.3 Å². The average Bonchev–Trinajstić information content (AvgIpc) is 3.53. The van der Waals surface area contributed by atoms with Crippen molar-refractivity contribution in [2.24, 2.45) is 27.9 Å². The highest BCUT2D eigenvalue weighted by Crippen LogP contribution is 2.61. The molecule has 2 aromatic heterocycles. The number of H-pyrrole nitrogens is 1. The lowest BCUT2D eigenvalue weighted by molar-refractivity contribution is -0.0461. The fourth-order valence-corrected chi connectivity index (χ4v) is 6.89. The monoisotopic (exact) mass is 506 g/mol. The summed E-state index contributed by atoms with van der Waals surface area (Å²) in [5.41, 5.74) is 7.64. The van der Waals surface area contributed by atoms with Gasteiger partial charge in [-0.3, -0.25) is 9.59 Å². The third-order valence-electron chi connectivity index (χ3n) is 9.60. The molecule has 3 aromatic rings. The van der Waals surface area contributed by atoms with Crippen molar-refractivity contribution in [1.82, 2.24) is 19.4 Å². The van der Waals surface area contributed by atoms with Gasteiger partial charge in [0.05, 0.1) is 28.8 Å². The summed E-state index contributed by atoms with van der Waals surface area (Å²) in [5, 5.41) is 0. The van der Waals surface area contributed by atoms with Crippen molar-refractivity contribution in [1.29, 1.82) is 0 Å². The highest BCUT2D eigenvalue weighted by Gasteiger charge is 2.58. The fourth-order valence-electron chi connectivity index (χ4n) is 6.89. The van der Waals surface area contributed by atoms with Crippen LogP contribution in [0.1, 0.15) is 56.0 Å². The van der Waals surface area contributed by atoms with Crippen LogP contribution < -0.4 is 5.56 Å². The number of carbonyl (C=O) groups excluding carboxylic acids is 1. The Balaban J connectivity index is 1.23. The Bertz CT molecular complexity index is 1730. The second kappa shape index (κ2) is 7.72. The van der Waals surface area contributed by atoms with Gasteiger partial charge in [0.2, 0.25) is 5.56 Å². The second-order valence-corrected chi connectivity index (χ2v) is 11.7. The number of amides is 1. The molecule has 2 aliphatic heterocycles. The third kappa shape index (κ3) is 3.12. The molecule has 1 fully saturated rings. The van der Waals surface area contributed by atoms with Gasteiger partial charge >= 0.3 is 0 Å². The van der Waals surface area contributed by atoms with Crippen molar-refractivity contribution in [3.63, 3.8) is 0 Å². The van der Waals surface area contributed by atoms with Gasteiger partial charge in [-0.25, -0.2) is 15.0 Å². The molecule has 1 amide bonds. The molecule has 0 saturated carbocycles. The van der Waals surface area contributed by atoms with Crippen LogP contribution in [-0.4, -0.2) is 49.5 Å². The Morgan fingerprint density at radius 1 is 1.13 bits per heavy atom.